The lowest BCUT2D eigenvalue weighted by Gasteiger charge is -2.30. The van der Waals surface area contributed by atoms with E-state index in [2.05, 4.69) is 176 Å². The van der Waals surface area contributed by atoms with Crippen molar-refractivity contribution in [1.29, 1.82) is 0 Å². The summed E-state index contributed by atoms with van der Waals surface area (Å²) in [4.78, 5) is 10.6. The van der Waals surface area contributed by atoms with Crippen molar-refractivity contribution in [3.8, 4) is 55.8 Å². The van der Waals surface area contributed by atoms with E-state index < -0.39 is 5.41 Å². The summed E-state index contributed by atoms with van der Waals surface area (Å²) >= 11 is 0. The highest BCUT2D eigenvalue weighted by Gasteiger charge is 2.52. The quantitative estimate of drug-likeness (QED) is 0.179. The molecule has 236 valence electrons. The maximum absolute atomic E-state index is 5.59. The van der Waals surface area contributed by atoms with Crippen LogP contribution < -0.4 is 0 Å². The Kier molecular flexibility index (Phi) is 5.91. The van der Waals surface area contributed by atoms with Gasteiger partial charge in [-0.1, -0.05) is 164 Å². The molecular formula is C49H30N2. The van der Waals surface area contributed by atoms with Crippen molar-refractivity contribution in [3.05, 3.63) is 204 Å². The Bertz CT molecular complexity index is 2810. The van der Waals surface area contributed by atoms with Gasteiger partial charge >= 0.3 is 0 Å². The zero-order valence-electron chi connectivity index (χ0n) is 27.7. The van der Waals surface area contributed by atoms with Gasteiger partial charge in [0, 0.05) is 22.5 Å². The van der Waals surface area contributed by atoms with Gasteiger partial charge in [-0.3, -0.25) is 4.98 Å². The summed E-state index contributed by atoms with van der Waals surface area (Å²) < 4.78 is 0. The van der Waals surface area contributed by atoms with Gasteiger partial charge in [0.25, 0.3) is 0 Å². The van der Waals surface area contributed by atoms with E-state index in [4.69, 9.17) is 9.97 Å². The second-order valence-corrected chi connectivity index (χ2v) is 13.6. The largest absolute Gasteiger partial charge is 0.254 e. The molecule has 0 aliphatic heterocycles. The summed E-state index contributed by atoms with van der Waals surface area (Å²) in [6.45, 7) is 0. The molecule has 0 atom stereocenters. The zero-order chi connectivity index (χ0) is 33.5. The third-order valence-corrected chi connectivity index (χ3v) is 11.2. The lowest BCUT2D eigenvalue weighted by molar-refractivity contribution is 0.794. The van der Waals surface area contributed by atoms with Crippen LogP contribution in [0.4, 0.5) is 0 Å². The van der Waals surface area contributed by atoms with E-state index in [0.29, 0.717) is 0 Å². The maximum atomic E-state index is 5.59. The Morgan fingerprint density at radius 1 is 0.353 bits per heavy atom. The van der Waals surface area contributed by atoms with Gasteiger partial charge in [-0.25, -0.2) is 4.98 Å². The summed E-state index contributed by atoms with van der Waals surface area (Å²) in [5, 5.41) is 2.19. The van der Waals surface area contributed by atoms with Crippen LogP contribution in [0.3, 0.4) is 0 Å². The highest BCUT2D eigenvalue weighted by atomic mass is 14.8. The summed E-state index contributed by atoms with van der Waals surface area (Å²) in [6.07, 6.45) is 1.93. The van der Waals surface area contributed by atoms with E-state index in [1.54, 1.807) is 0 Å². The minimum Gasteiger partial charge on any atom is -0.254 e. The second-order valence-electron chi connectivity index (χ2n) is 13.6. The van der Waals surface area contributed by atoms with Crippen LogP contribution in [0.15, 0.2) is 182 Å². The van der Waals surface area contributed by atoms with Crippen LogP contribution in [0.2, 0.25) is 0 Å². The van der Waals surface area contributed by atoms with Crippen LogP contribution >= 0.6 is 0 Å². The molecule has 2 aliphatic carbocycles. The van der Waals surface area contributed by atoms with Crippen molar-refractivity contribution >= 4 is 21.8 Å². The Morgan fingerprint density at radius 2 is 0.863 bits per heavy atom. The Balaban J connectivity index is 1.24. The number of nitrogens with zero attached hydrogens (tertiary/aromatic N) is 2. The molecule has 0 amide bonds. The van der Waals surface area contributed by atoms with Gasteiger partial charge in [-0.2, -0.15) is 0 Å². The lowest BCUT2D eigenvalue weighted by Crippen LogP contribution is -2.25. The number of pyridine rings is 2. The standard InChI is InChI=1S/C49H30N2/c1-3-14-31(15-4-1)33-28-29-50-47-36(33)26-27-37-40(32-16-5-2-6-17-32)30-45(51-48(37)47)39-21-13-25-44-46(39)38-20-9-12-24-43(38)49(44)41-22-10-7-18-34(41)35-19-8-11-23-42(35)49/h1-30H. The van der Waals surface area contributed by atoms with Gasteiger partial charge in [0.1, 0.15) is 0 Å². The van der Waals surface area contributed by atoms with Crippen molar-refractivity contribution in [1.82, 2.24) is 9.97 Å². The highest BCUT2D eigenvalue weighted by Crippen LogP contribution is 2.63. The van der Waals surface area contributed by atoms with E-state index in [-0.39, 0.29) is 0 Å². The number of benzene rings is 7. The second kappa shape index (κ2) is 10.7. The van der Waals surface area contributed by atoms with Gasteiger partial charge < -0.3 is 0 Å². The minimum atomic E-state index is -0.410. The molecule has 2 aliphatic rings. The molecule has 0 saturated carbocycles. The summed E-state index contributed by atoms with van der Waals surface area (Å²) in [7, 11) is 0. The van der Waals surface area contributed by atoms with E-state index in [9.17, 15) is 0 Å². The molecule has 7 aromatic carbocycles. The average molecular weight is 647 g/mol. The average Bonchev–Trinajstić information content (AvgIpc) is 3.68. The smallest absolute Gasteiger partial charge is 0.0978 e. The predicted molar refractivity (Wildman–Crippen MR) is 210 cm³/mol. The van der Waals surface area contributed by atoms with Crippen LogP contribution in [0, 0.1) is 0 Å². The molecule has 2 heterocycles. The fourth-order valence-electron chi connectivity index (χ4n) is 9.12. The van der Waals surface area contributed by atoms with Crippen molar-refractivity contribution < 1.29 is 0 Å². The fourth-order valence-corrected chi connectivity index (χ4v) is 9.12. The van der Waals surface area contributed by atoms with Gasteiger partial charge in [0.05, 0.1) is 22.1 Å². The summed E-state index contributed by atoms with van der Waals surface area (Å²) in [5.74, 6) is 0. The van der Waals surface area contributed by atoms with E-state index in [1.165, 1.54) is 50.1 Å². The van der Waals surface area contributed by atoms with Crippen LogP contribution in [-0.4, -0.2) is 9.97 Å². The molecule has 0 bridgehead atoms. The Hall–Kier alpha value is -6.64. The SMILES string of the molecule is c1ccc(-c2ccnc3c2ccc2c(-c4ccccc4)cc(-c4cccc5c4-c4ccccc4C54c5ccccc5-c5ccccc54)nc23)cc1. The van der Waals surface area contributed by atoms with E-state index >= 15 is 0 Å². The molecule has 0 N–H and O–H groups in total. The van der Waals surface area contributed by atoms with Crippen LogP contribution in [0.1, 0.15) is 22.3 Å². The van der Waals surface area contributed by atoms with Crippen molar-refractivity contribution in [2.45, 2.75) is 5.41 Å². The molecule has 0 saturated heterocycles. The molecule has 2 nitrogen and oxygen atoms in total. The zero-order valence-corrected chi connectivity index (χ0v) is 27.7. The van der Waals surface area contributed by atoms with Crippen LogP contribution in [0.25, 0.3) is 77.6 Å². The number of aromatic nitrogens is 2. The number of hydrogen-bond donors (Lipinski definition) is 0. The summed E-state index contributed by atoms with van der Waals surface area (Å²) in [6, 6.07) is 63.9. The summed E-state index contributed by atoms with van der Waals surface area (Å²) in [5.41, 5.74) is 18.6. The predicted octanol–water partition coefficient (Wildman–Crippen LogP) is 12.1. The third kappa shape index (κ3) is 3.82. The van der Waals surface area contributed by atoms with Crippen molar-refractivity contribution in [2.75, 3.05) is 0 Å². The minimum absolute atomic E-state index is 0.410. The normalized spacial score (nSPS) is 13.3. The molecule has 1 spiro atoms. The highest BCUT2D eigenvalue weighted by molar-refractivity contribution is 6.13. The molecular weight excluding hydrogens is 617 g/mol. The first-order valence-corrected chi connectivity index (χ1v) is 17.6. The topological polar surface area (TPSA) is 25.8 Å². The molecule has 0 fully saturated rings. The molecule has 51 heavy (non-hydrogen) atoms. The first-order chi connectivity index (χ1) is 25.3. The molecule has 2 heteroatoms. The molecule has 0 radical (unpaired) electrons. The molecule has 11 rings (SSSR count). The Morgan fingerprint density at radius 3 is 1.53 bits per heavy atom. The molecule has 9 aromatic rings. The number of rotatable bonds is 3. The molecule has 2 aromatic heterocycles. The van der Waals surface area contributed by atoms with Crippen molar-refractivity contribution in [2.24, 2.45) is 0 Å². The first-order valence-electron chi connectivity index (χ1n) is 17.6. The fraction of sp³-hybridized carbons (Fsp3) is 0.0204. The Labute approximate surface area is 296 Å². The van der Waals surface area contributed by atoms with Crippen LogP contribution in [-0.2, 0) is 5.41 Å². The van der Waals surface area contributed by atoms with Gasteiger partial charge in [0.15, 0.2) is 0 Å². The monoisotopic (exact) mass is 646 g/mol. The van der Waals surface area contributed by atoms with Crippen molar-refractivity contribution in [3.63, 3.8) is 0 Å². The van der Waals surface area contributed by atoms with Gasteiger partial charge in [-0.05, 0) is 78.9 Å². The number of fused-ring (bicyclic) bond motifs is 13. The lowest BCUT2D eigenvalue weighted by atomic mass is 9.70. The number of hydrogen-bond acceptors (Lipinski definition) is 2. The third-order valence-electron chi connectivity index (χ3n) is 11.2. The van der Waals surface area contributed by atoms with E-state index in [1.807, 2.05) is 6.20 Å². The molecule has 0 unspecified atom stereocenters. The van der Waals surface area contributed by atoms with E-state index in [0.717, 1.165) is 49.8 Å². The maximum Gasteiger partial charge on any atom is 0.0978 e. The van der Waals surface area contributed by atoms with Crippen LogP contribution in [0.5, 0.6) is 0 Å². The van der Waals surface area contributed by atoms with Gasteiger partial charge in [-0.15, -0.1) is 0 Å². The van der Waals surface area contributed by atoms with Gasteiger partial charge in [0.2, 0.25) is 0 Å². The first kappa shape index (κ1) is 28.2.